The van der Waals surface area contributed by atoms with Crippen LogP contribution in [-0.2, 0) is 11.4 Å². The zero-order valence-electron chi connectivity index (χ0n) is 16.0. The molecule has 8 nitrogen and oxygen atoms in total. The lowest BCUT2D eigenvalue weighted by Gasteiger charge is -2.10. The molecule has 4 rings (SSSR count). The van der Waals surface area contributed by atoms with Gasteiger partial charge >= 0.3 is 0 Å². The number of anilines is 1. The van der Waals surface area contributed by atoms with Gasteiger partial charge in [0.05, 0.1) is 5.69 Å². The zero-order chi connectivity index (χ0) is 20.6. The Morgan fingerprint density at radius 3 is 2.50 bits per heavy atom. The van der Waals surface area contributed by atoms with E-state index in [-0.39, 0.29) is 12.5 Å². The molecule has 0 fully saturated rings. The van der Waals surface area contributed by atoms with Gasteiger partial charge < -0.3 is 14.8 Å². The van der Waals surface area contributed by atoms with Crippen molar-refractivity contribution in [2.24, 2.45) is 0 Å². The Bertz CT molecular complexity index is 1080. The predicted molar refractivity (Wildman–Crippen MR) is 110 cm³/mol. The van der Waals surface area contributed by atoms with Gasteiger partial charge in [-0.05, 0) is 52.4 Å². The summed E-state index contributed by atoms with van der Waals surface area (Å²) >= 11 is 0. The van der Waals surface area contributed by atoms with E-state index in [1.165, 1.54) is 11.0 Å². The van der Waals surface area contributed by atoms with Crippen molar-refractivity contribution in [1.29, 1.82) is 0 Å². The van der Waals surface area contributed by atoms with Crippen molar-refractivity contribution in [3.63, 3.8) is 0 Å². The largest absolute Gasteiger partial charge is 0.489 e. The Hall–Kier alpha value is -4.20. The molecule has 0 unspecified atom stereocenters. The molecule has 0 bridgehead atoms. The van der Waals surface area contributed by atoms with Crippen LogP contribution < -0.4 is 14.8 Å². The van der Waals surface area contributed by atoms with Gasteiger partial charge in [-0.2, -0.15) is 0 Å². The van der Waals surface area contributed by atoms with E-state index in [1.807, 2.05) is 48.5 Å². The van der Waals surface area contributed by atoms with Crippen molar-refractivity contribution in [3.05, 3.63) is 90.8 Å². The fourth-order valence-electron chi connectivity index (χ4n) is 2.72. The van der Waals surface area contributed by atoms with Crippen molar-refractivity contribution in [2.45, 2.75) is 6.61 Å². The summed E-state index contributed by atoms with van der Waals surface area (Å²) in [6.07, 6.45) is 1.49. The molecule has 30 heavy (non-hydrogen) atoms. The number of nitrogens with zero attached hydrogens (tertiary/aromatic N) is 4. The Kier molecular flexibility index (Phi) is 5.95. The highest BCUT2D eigenvalue weighted by atomic mass is 16.5. The van der Waals surface area contributed by atoms with Gasteiger partial charge in [0.25, 0.3) is 5.91 Å². The molecule has 0 aliphatic rings. The number of hydrogen-bond acceptors (Lipinski definition) is 6. The number of aromatic nitrogens is 4. The first-order valence-corrected chi connectivity index (χ1v) is 9.29. The van der Waals surface area contributed by atoms with Crippen LogP contribution >= 0.6 is 0 Å². The molecular weight excluding hydrogens is 382 g/mol. The van der Waals surface area contributed by atoms with E-state index in [4.69, 9.17) is 9.47 Å². The van der Waals surface area contributed by atoms with E-state index >= 15 is 0 Å². The van der Waals surface area contributed by atoms with Gasteiger partial charge in [-0.1, -0.05) is 36.4 Å². The highest BCUT2D eigenvalue weighted by Gasteiger charge is 2.06. The lowest BCUT2D eigenvalue weighted by Crippen LogP contribution is -2.20. The second-order valence-corrected chi connectivity index (χ2v) is 6.39. The molecule has 0 saturated heterocycles. The van der Waals surface area contributed by atoms with Crippen LogP contribution in [-0.4, -0.2) is 32.7 Å². The van der Waals surface area contributed by atoms with Crippen LogP contribution in [0.1, 0.15) is 5.56 Å². The molecule has 0 aliphatic heterocycles. The SMILES string of the molecule is O=C(COc1cccc(-n2cnnn2)c1)Nc1ccc(OCc2ccccc2)cc1. The summed E-state index contributed by atoms with van der Waals surface area (Å²) in [5, 5.41) is 13.8. The van der Waals surface area contributed by atoms with Crippen LogP contribution in [0.25, 0.3) is 5.69 Å². The molecule has 0 radical (unpaired) electrons. The minimum absolute atomic E-state index is 0.120. The fourth-order valence-corrected chi connectivity index (χ4v) is 2.72. The van der Waals surface area contributed by atoms with Gasteiger partial charge in [-0.3, -0.25) is 4.79 Å². The summed E-state index contributed by atoms with van der Waals surface area (Å²) in [6, 6.07) is 24.3. The number of carbonyl (C=O) groups excluding carboxylic acids is 1. The quantitative estimate of drug-likeness (QED) is 0.487. The van der Waals surface area contributed by atoms with Gasteiger partial charge in [0.15, 0.2) is 6.61 Å². The highest BCUT2D eigenvalue weighted by Crippen LogP contribution is 2.18. The summed E-state index contributed by atoms with van der Waals surface area (Å²) in [6.45, 7) is 0.370. The van der Waals surface area contributed by atoms with E-state index in [1.54, 1.807) is 30.3 Å². The van der Waals surface area contributed by atoms with Gasteiger partial charge in [0.2, 0.25) is 0 Å². The summed E-state index contributed by atoms with van der Waals surface area (Å²) in [7, 11) is 0. The van der Waals surface area contributed by atoms with Gasteiger partial charge in [-0.15, -0.1) is 5.10 Å². The third-order valence-corrected chi connectivity index (χ3v) is 4.19. The van der Waals surface area contributed by atoms with Crippen LogP contribution in [0.5, 0.6) is 11.5 Å². The molecule has 0 atom stereocenters. The topological polar surface area (TPSA) is 91.2 Å². The second kappa shape index (κ2) is 9.33. The molecule has 150 valence electrons. The average Bonchev–Trinajstić information content (AvgIpc) is 3.33. The fraction of sp³-hybridized carbons (Fsp3) is 0.0909. The smallest absolute Gasteiger partial charge is 0.262 e. The van der Waals surface area contributed by atoms with Crippen LogP contribution in [0.3, 0.4) is 0 Å². The van der Waals surface area contributed by atoms with Crippen molar-refractivity contribution in [3.8, 4) is 17.2 Å². The summed E-state index contributed by atoms with van der Waals surface area (Å²) in [5.74, 6) is 1.01. The predicted octanol–water partition coefficient (Wildman–Crippen LogP) is 3.26. The lowest BCUT2D eigenvalue weighted by molar-refractivity contribution is -0.118. The first-order chi connectivity index (χ1) is 14.8. The molecule has 3 aromatic carbocycles. The summed E-state index contributed by atoms with van der Waals surface area (Å²) in [4.78, 5) is 12.2. The number of nitrogens with one attached hydrogen (secondary N) is 1. The van der Waals surface area contributed by atoms with E-state index in [9.17, 15) is 4.79 Å². The van der Waals surface area contributed by atoms with Crippen LogP contribution in [0, 0.1) is 0 Å². The number of ether oxygens (including phenoxy) is 2. The van der Waals surface area contributed by atoms with E-state index in [0.29, 0.717) is 18.0 Å². The lowest BCUT2D eigenvalue weighted by atomic mass is 10.2. The van der Waals surface area contributed by atoms with E-state index in [0.717, 1.165) is 17.0 Å². The number of amides is 1. The number of carbonyl (C=O) groups is 1. The van der Waals surface area contributed by atoms with Crippen LogP contribution in [0.4, 0.5) is 5.69 Å². The maximum atomic E-state index is 12.2. The van der Waals surface area contributed by atoms with Crippen LogP contribution in [0.15, 0.2) is 85.2 Å². The van der Waals surface area contributed by atoms with Crippen molar-refractivity contribution < 1.29 is 14.3 Å². The summed E-state index contributed by atoms with van der Waals surface area (Å²) in [5.41, 5.74) is 2.50. The Morgan fingerprint density at radius 1 is 0.900 bits per heavy atom. The molecule has 4 aromatic rings. The molecule has 0 aliphatic carbocycles. The molecule has 1 amide bonds. The van der Waals surface area contributed by atoms with Gasteiger partial charge in [-0.25, -0.2) is 4.68 Å². The Balaban J connectivity index is 1.26. The van der Waals surface area contributed by atoms with Crippen molar-refractivity contribution >= 4 is 11.6 Å². The molecule has 8 heteroatoms. The third kappa shape index (κ3) is 5.20. The average molecular weight is 401 g/mol. The normalized spacial score (nSPS) is 10.4. The van der Waals surface area contributed by atoms with Crippen molar-refractivity contribution in [1.82, 2.24) is 20.2 Å². The van der Waals surface area contributed by atoms with E-state index < -0.39 is 0 Å². The number of rotatable bonds is 8. The first-order valence-electron chi connectivity index (χ1n) is 9.29. The molecule has 0 spiro atoms. The Morgan fingerprint density at radius 2 is 1.73 bits per heavy atom. The van der Waals surface area contributed by atoms with Gasteiger partial charge in [0.1, 0.15) is 24.4 Å². The number of benzene rings is 3. The monoisotopic (exact) mass is 401 g/mol. The summed E-state index contributed by atoms with van der Waals surface area (Å²) < 4.78 is 12.8. The molecule has 0 saturated carbocycles. The van der Waals surface area contributed by atoms with E-state index in [2.05, 4.69) is 20.8 Å². The number of hydrogen-bond donors (Lipinski definition) is 1. The number of tetrazole rings is 1. The maximum Gasteiger partial charge on any atom is 0.262 e. The van der Waals surface area contributed by atoms with Gasteiger partial charge in [0, 0.05) is 11.8 Å². The molecule has 1 N–H and O–H groups in total. The molecule has 1 heterocycles. The van der Waals surface area contributed by atoms with Crippen LogP contribution in [0.2, 0.25) is 0 Å². The molecule has 1 aromatic heterocycles. The highest BCUT2D eigenvalue weighted by molar-refractivity contribution is 5.91. The second-order valence-electron chi connectivity index (χ2n) is 6.39. The van der Waals surface area contributed by atoms with Crippen molar-refractivity contribution in [2.75, 3.05) is 11.9 Å². The standard InChI is InChI=1S/C22H19N5O3/c28-22(15-30-21-8-4-7-19(13-21)27-16-23-25-26-27)24-18-9-11-20(12-10-18)29-14-17-5-2-1-3-6-17/h1-13,16H,14-15H2,(H,24,28). The minimum atomic E-state index is -0.263. The maximum absolute atomic E-state index is 12.2. The molecular formula is C22H19N5O3. The first kappa shape index (κ1) is 19.1. The minimum Gasteiger partial charge on any atom is -0.489 e. The third-order valence-electron chi connectivity index (χ3n) is 4.19. The Labute approximate surface area is 173 Å². The zero-order valence-corrected chi connectivity index (χ0v) is 16.0.